The smallest absolute Gasteiger partial charge is 0.116 e. The fourth-order valence-corrected chi connectivity index (χ4v) is 21.9. The molecule has 0 aliphatic carbocycles. The summed E-state index contributed by atoms with van der Waals surface area (Å²) >= 11 is 0. The van der Waals surface area contributed by atoms with Crippen LogP contribution in [0, 0.1) is 0 Å². The third-order valence-corrected chi connectivity index (χ3v) is 29.2. The molecule has 0 aliphatic heterocycles. The molecule has 0 aliphatic rings. The van der Waals surface area contributed by atoms with E-state index in [0.29, 0.717) is 0 Å². The number of aryl methyl sites for hydroxylation is 12. The monoisotopic (exact) mass is 1840 g/mol. The number of hydrogen-bond donors (Lipinski definition) is 0. The van der Waals surface area contributed by atoms with E-state index in [1.807, 2.05) is 49.1 Å². The lowest BCUT2D eigenvalue weighted by Crippen LogP contribution is -2.02. The molecule has 0 spiro atoms. The molecule has 24 aromatic rings. The van der Waals surface area contributed by atoms with Crippen molar-refractivity contribution < 1.29 is 0 Å². The molecule has 6 nitrogen and oxygen atoms in total. The van der Waals surface area contributed by atoms with Crippen LogP contribution in [0.15, 0.2) is 486 Å². The van der Waals surface area contributed by atoms with Crippen molar-refractivity contribution in [3.63, 3.8) is 0 Å². The molecule has 5 aromatic heterocycles. The van der Waals surface area contributed by atoms with E-state index < -0.39 is 0 Å². The van der Waals surface area contributed by atoms with Gasteiger partial charge >= 0.3 is 0 Å². The number of rotatable bonds is 30. The van der Waals surface area contributed by atoms with E-state index in [-0.39, 0.29) is 0 Å². The zero-order valence-corrected chi connectivity index (χ0v) is 80.4. The second kappa shape index (κ2) is 40.7. The first kappa shape index (κ1) is 89.1. The molecular formula is C138H104N6. The van der Waals surface area contributed by atoms with E-state index in [1.165, 1.54) is 183 Å². The minimum Gasteiger partial charge on any atom is -0.256 e. The highest BCUT2D eigenvalue weighted by molar-refractivity contribution is 6.38. The minimum atomic E-state index is 0.856. The maximum atomic E-state index is 5.23. The summed E-state index contributed by atoms with van der Waals surface area (Å²) in [7, 11) is 0. The molecule has 144 heavy (non-hydrogen) atoms. The third-order valence-electron chi connectivity index (χ3n) is 29.2. The fourth-order valence-electron chi connectivity index (χ4n) is 21.9. The molecule has 24 rings (SSSR count). The lowest BCUT2D eigenvalue weighted by atomic mass is 9.87. The van der Waals surface area contributed by atoms with Gasteiger partial charge in [0, 0.05) is 68.6 Å². The van der Waals surface area contributed by atoms with Crippen LogP contribution in [0.25, 0.3) is 188 Å². The molecule has 0 saturated heterocycles. The van der Waals surface area contributed by atoms with Gasteiger partial charge in [-0.3, -0.25) is 19.9 Å². The Morgan fingerprint density at radius 3 is 0.660 bits per heavy atom. The molecule has 686 valence electrons. The molecule has 6 heteroatoms. The Bertz CT molecular complexity index is 7890. The number of pyridine rings is 4. The first-order chi connectivity index (χ1) is 71.3. The number of aromatic nitrogens is 6. The lowest BCUT2D eigenvalue weighted by molar-refractivity contribution is 0.905. The summed E-state index contributed by atoms with van der Waals surface area (Å²) in [5.41, 5.74) is 45.4. The Morgan fingerprint density at radius 1 is 0.132 bits per heavy atom. The van der Waals surface area contributed by atoms with E-state index in [0.717, 1.165) is 149 Å². The molecule has 0 N–H and O–H groups in total. The number of hydrogen-bond acceptors (Lipinski definition) is 6. The van der Waals surface area contributed by atoms with Gasteiger partial charge in [-0.05, 0) is 351 Å². The van der Waals surface area contributed by atoms with Crippen LogP contribution in [0.2, 0.25) is 0 Å². The van der Waals surface area contributed by atoms with Crippen molar-refractivity contribution in [1.82, 2.24) is 29.9 Å². The summed E-state index contributed by atoms with van der Waals surface area (Å²) in [6.07, 6.45) is 19.7. The Morgan fingerprint density at radius 2 is 0.382 bits per heavy atom. The van der Waals surface area contributed by atoms with Gasteiger partial charge in [-0.15, -0.1) is 0 Å². The molecule has 0 unspecified atom stereocenters. The van der Waals surface area contributed by atoms with Crippen LogP contribution in [0.1, 0.15) is 66.8 Å². The molecule has 0 amide bonds. The zero-order valence-electron chi connectivity index (χ0n) is 80.4. The van der Waals surface area contributed by atoms with Crippen LogP contribution < -0.4 is 0 Å². The summed E-state index contributed by atoms with van der Waals surface area (Å²) in [6.45, 7) is 0. The predicted octanol–water partition coefficient (Wildman–Crippen LogP) is 34.0. The van der Waals surface area contributed by atoms with Crippen molar-refractivity contribution in [3.8, 4) is 134 Å². The van der Waals surface area contributed by atoms with Gasteiger partial charge in [0.15, 0.2) is 0 Å². The second-order valence-corrected chi connectivity index (χ2v) is 38.4. The molecule has 0 saturated carbocycles. The van der Waals surface area contributed by atoms with Gasteiger partial charge in [-0.25, -0.2) is 9.97 Å². The fraction of sp³-hybridized carbons (Fsp3) is 0.0870. The normalized spacial score (nSPS) is 11.5. The Hall–Kier alpha value is -17.6. The highest BCUT2D eigenvalue weighted by Gasteiger charge is 2.24. The second-order valence-electron chi connectivity index (χ2n) is 38.4. The number of fused-ring (bicyclic) bond motifs is 6. The lowest BCUT2D eigenvalue weighted by Gasteiger charge is -2.17. The van der Waals surface area contributed by atoms with Crippen LogP contribution in [-0.4, -0.2) is 29.9 Å². The van der Waals surface area contributed by atoms with Gasteiger partial charge in [0.2, 0.25) is 0 Å². The van der Waals surface area contributed by atoms with E-state index in [2.05, 4.69) is 431 Å². The van der Waals surface area contributed by atoms with Crippen molar-refractivity contribution in [3.05, 3.63) is 553 Å². The summed E-state index contributed by atoms with van der Waals surface area (Å²) < 4.78 is 0. The molecule has 0 bridgehead atoms. The van der Waals surface area contributed by atoms with Crippen LogP contribution >= 0.6 is 0 Å². The molecule has 0 radical (unpaired) electrons. The van der Waals surface area contributed by atoms with Crippen LogP contribution in [0.5, 0.6) is 0 Å². The van der Waals surface area contributed by atoms with Gasteiger partial charge in [0.25, 0.3) is 0 Å². The van der Waals surface area contributed by atoms with E-state index >= 15 is 0 Å². The van der Waals surface area contributed by atoms with Crippen LogP contribution in [0.3, 0.4) is 0 Å². The SMILES string of the molecule is c1ccc(-c2cccc(-c3cc(-c4ccccn4)ccc3CCc3cc(CCc4ccc5c(c4)c4cccc6c7cc(CCc8cc(CCc9ccc(-c%10ccccn%10)cc9-c9cccc(-c%10ccccc%10)c9)cc(CCc9ccc(-c%10ccccn%10)cc9-c9cccc(-c%10ccccc%10)c9)c8)ccc7c7ncnc5c7c46)cc(CCc4ccc(-c5ccccn5)cc4-c4cccc(-c5ccccc5)c4)c3)c2)cc1. The first-order valence-electron chi connectivity index (χ1n) is 50.6. The maximum absolute atomic E-state index is 5.23. The molecule has 0 fully saturated rings. The summed E-state index contributed by atoms with van der Waals surface area (Å²) in [5.74, 6) is 0. The Balaban J connectivity index is 0.558. The molecule has 0 atom stereocenters. The summed E-state index contributed by atoms with van der Waals surface area (Å²) in [4.78, 5) is 29.8. The molecular weight excluding hydrogens is 1740 g/mol. The zero-order chi connectivity index (χ0) is 95.9. The standard InChI is InChI=1S/C138H104N6/c1-5-26-101(27-6-1)109-34-21-38-113(84-109)125-88-117(131-44-13-17-72-139-131)66-62-105(125)58-52-97-76-95(77-98(80-97)53-59-106-63-67-118(132-45-14-18-73-140-132)89-126(106)114-39-22-35-110(85-114)102-28-7-2-8-29-102)50-48-93-56-70-123-129(82-93)121-42-25-43-122-130-83-94(57-71-124(130)138-136(135(121)122)137(123)143-92-144-138)49-51-96-78-99(54-60-107-64-68-119(133-46-15-19-74-141-133)90-127(107)115-40-23-36-111(86-115)103-30-9-3-10-31-103)81-100(79-96)55-61-108-65-69-120(134-47-16-20-75-142-134)91-128(108)116-41-24-37-112(87-116)104-32-11-4-12-33-104/h1-47,56-57,62-92H,48-55,58-61H2. The molecule has 5 heterocycles. The van der Waals surface area contributed by atoms with Gasteiger partial charge in [-0.1, -0.05) is 358 Å². The third kappa shape index (κ3) is 19.2. The summed E-state index contributed by atoms with van der Waals surface area (Å²) in [5, 5.41) is 9.53. The van der Waals surface area contributed by atoms with E-state index in [1.54, 1.807) is 6.33 Å². The van der Waals surface area contributed by atoms with Gasteiger partial charge in [0.05, 0.1) is 33.8 Å². The number of benzene rings is 19. The van der Waals surface area contributed by atoms with Crippen molar-refractivity contribution in [2.45, 2.75) is 77.0 Å². The minimum absolute atomic E-state index is 0.856. The average Bonchev–Trinajstić information content (AvgIpc) is 0.700. The first-order valence-corrected chi connectivity index (χ1v) is 50.6. The van der Waals surface area contributed by atoms with E-state index in [4.69, 9.17) is 29.9 Å². The topological polar surface area (TPSA) is 77.3 Å². The van der Waals surface area contributed by atoms with Crippen molar-refractivity contribution in [1.29, 1.82) is 0 Å². The number of nitrogens with zero attached hydrogens (tertiary/aromatic N) is 6. The quantitative estimate of drug-likeness (QED) is 0.0330. The highest BCUT2D eigenvalue weighted by atomic mass is 14.8. The summed E-state index contributed by atoms with van der Waals surface area (Å²) in [6, 6.07) is 168. The Labute approximate surface area is 842 Å². The van der Waals surface area contributed by atoms with Crippen LogP contribution in [-0.2, 0) is 77.0 Å². The maximum Gasteiger partial charge on any atom is 0.116 e. The predicted molar refractivity (Wildman–Crippen MR) is 600 cm³/mol. The van der Waals surface area contributed by atoms with Crippen molar-refractivity contribution >= 4 is 54.1 Å². The van der Waals surface area contributed by atoms with Crippen LogP contribution in [0.4, 0.5) is 0 Å². The largest absolute Gasteiger partial charge is 0.256 e. The van der Waals surface area contributed by atoms with E-state index in [9.17, 15) is 0 Å². The molecule has 19 aromatic carbocycles. The average molecular weight is 1850 g/mol. The van der Waals surface area contributed by atoms with Crippen molar-refractivity contribution in [2.24, 2.45) is 0 Å². The Kier molecular flexibility index (Phi) is 25.2. The van der Waals surface area contributed by atoms with Gasteiger partial charge in [0.1, 0.15) is 6.33 Å². The van der Waals surface area contributed by atoms with Gasteiger partial charge < -0.3 is 0 Å². The highest BCUT2D eigenvalue weighted by Crippen LogP contribution is 2.46. The van der Waals surface area contributed by atoms with Gasteiger partial charge in [-0.2, -0.15) is 0 Å². The van der Waals surface area contributed by atoms with Crippen molar-refractivity contribution in [2.75, 3.05) is 0 Å².